The fourth-order valence-electron chi connectivity index (χ4n) is 3.72. The minimum absolute atomic E-state index is 0.129. The normalized spacial score (nSPS) is 20.6. The van der Waals surface area contributed by atoms with E-state index in [4.69, 9.17) is 4.74 Å². The van der Waals surface area contributed by atoms with Crippen LogP contribution in [0.5, 0.6) is 0 Å². The Morgan fingerprint density at radius 2 is 1.96 bits per heavy atom. The van der Waals surface area contributed by atoms with Crippen molar-refractivity contribution in [2.45, 2.75) is 71.9 Å². The molecule has 1 aromatic carbocycles. The van der Waals surface area contributed by atoms with E-state index >= 15 is 0 Å². The van der Waals surface area contributed by atoms with E-state index in [-0.39, 0.29) is 16.9 Å². The Kier molecular flexibility index (Phi) is 6.08. The van der Waals surface area contributed by atoms with Gasteiger partial charge in [0.1, 0.15) is 0 Å². The van der Waals surface area contributed by atoms with Crippen molar-refractivity contribution in [1.29, 1.82) is 0 Å². The van der Waals surface area contributed by atoms with Crippen LogP contribution in [0, 0.1) is 5.41 Å². The number of hydrogen-bond acceptors (Lipinski definition) is 2. The number of benzene rings is 1. The smallest absolute Gasteiger partial charge is 0.219 e. The number of carbonyl (C=O) groups excluding carboxylic acids is 1. The SMILES string of the molecule is CC(=O)N(CCC(C)(C)Cc1ccccc1)[C@H]1CCOC(C)(C)C1. The van der Waals surface area contributed by atoms with Crippen LogP contribution < -0.4 is 0 Å². The van der Waals surface area contributed by atoms with Gasteiger partial charge in [-0.25, -0.2) is 0 Å². The van der Waals surface area contributed by atoms with Crippen molar-refractivity contribution in [2.24, 2.45) is 5.41 Å². The highest BCUT2D eigenvalue weighted by Crippen LogP contribution is 2.30. The summed E-state index contributed by atoms with van der Waals surface area (Å²) < 4.78 is 5.81. The maximum absolute atomic E-state index is 12.2. The molecule has 1 fully saturated rings. The Labute approximate surface area is 147 Å². The second-order valence-corrected chi connectivity index (χ2v) is 8.54. The van der Waals surface area contributed by atoms with Crippen LogP contribution in [0.15, 0.2) is 30.3 Å². The summed E-state index contributed by atoms with van der Waals surface area (Å²) in [4.78, 5) is 14.3. The van der Waals surface area contributed by atoms with Crippen molar-refractivity contribution in [3.8, 4) is 0 Å². The van der Waals surface area contributed by atoms with Crippen molar-refractivity contribution >= 4 is 5.91 Å². The highest BCUT2D eigenvalue weighted by molar-refractivity contribution is 5.73. The third kappa shape index (κ3) is 5.62. The predicted octanol–water partition coefficient (Wildman–Crippen LogP) is 4.45. The number of carbonyl (C=O) groups is 1. The third-order valence-corrected chi connectivity index (χ3v) is 5.07. The number of rotatable bonds is 6. The third-order valence-electron chi connectivity index (χ3n) is 5.07. The van der Waals surface area contributed by atoms with E-state index in [0.717, 1.165) is 38.8 Å². The molecule has 2 rings (SSSR count). The molecular formula is C21H33NO2. The average Bonchev–Trinajstić information content (AvgIpc) is 2.46. The molecule has 3 nitrogen and oxygen atoms in total. The van der Waals surface area contributed by atoms with Gasteiger partial charge in [0.15, 0.2) is 0 Å². The van der Waals surface area contributed by atoms with Crippen LogP contribution in [0.2, 0.25) is 0 Å². The highest BCUT2D eigenvalue weighted by Gasteiger charge is 2.34. The van der Waals surface area contributed by atoms with Gasteiger partial charge in [-0.2, -0.15) is 0 Å². The standard InChI is InChI=1S/C21H33NO2/c1-17(23)22(19-11-14-24-21(4,5)16-19)13-12-20(2,3)15-18-9-7-6-8-10-18/h6-10,19H,11-16H2,1-5H3/t19-/m0/s1. The van der Waals surface area contributed by atoms with Gasteiger partial charge in [-0.05, 0) is 50.5 Å². The first-order valence-corrected chi connectivity index (χ1v) is 9.14. The Hall–Kier alpha value is -1.35. The molecule has 1 heterocycles. The largest absolute Gasteiger partial charge is 0.375 e. The lowest BCUT2D eigenvalue weighted by Crippen LogP contribution is -2.48. The minimum Gasteiger partial charge on any atom is -0.375 e. The molecule has 0 N–H and O–H groups in total. The second-order valence-electron chi connectivity index (χ2n) is 8.54. The first kappa shape index (κ1) is 19.0. The molecule has 1 amide bonds. The number of amides is 1. The molecule has 1 saturated heterocycles. The summed E-state index contributed by atoms with van der Waals surface area (Å²) in [5.74, 6) is 0.188. The zero-order chi connectivity index (χ0) is 17.8. The van der Waals surface area contributed by atoms with E-state index in [1.807, 2.05) is 0 Å². The van der Waals surface area contributed by atoms with E-state index in [1.54, 1.807) is 6.92 Å². The van der Waals surface area contributed by atoms with Crippen LogP contribution in [0.3, 0.4) is 0 Å². The van der Waals surface area contributed by atoms with Crippen LogP contribution in [-0.2, 0) is 16.0 Å². The number of hydrogen-bond donors (Lipinski definition) is 0. The van der Waals surface area contributed by atoms with Crippen LogP contribution in [0.25, 0.3) is 0 Å². The molecule has 1 atom stereocenters. The van der Waals surface area contributed by atoms with Crippen molar-refractivity contribution in [3.05, 3.63) is 35.9 Å². The molecule has 0 unspecified atom stereocenters. The molecule has 0 bridgehead atoms. The summed E-state index contributed by atoms with van der Waals surface area (Å²) >= 11 is 0. The average molecular weight is 332 g/mol. The lowest BCUT2D eigenvalue weighted by atomic mass is 9.82. The first-order chi connectivity index (χ1) is 11.2. The van der Waals surface area contributed by atoms with Gasteiger partial charge >= 0.3 is 0 Å². The Balaban J connectivity index is 1.96. The molecule has 3 heteroatoms. The van der Waals surface area contributed by atoms with Crippen LogP contribution >= 0.6 is 0 Å². The van der Waals surface area contributed by atoms with Gasteiger partial charge in [0.2, 0.25) is 5.91 Å². The molecule has 24 heavy (non-hydrogen) atoms. The summed E-state index contributed by atoms with van der Waals surface area (Å²) in [5, 5.41) is 0. The van der Waals surface area contributed by atoms with Crippen LogP contribution in [0.4, 0.5) is 0 Å². The molecule has 1 aromatic rings. The summed E-state index contributed by atoms with van der Waals surface area (Å²) in [6.07, 6.45) is 3.92. The zero-order valence-electron chi connectivity index (χ0n) is 16.0. The number of ether oxygens (including phenoxy) is 1. The Bertz CT molecular complexity index is 536. The molecule has 134 valence electrons. The van der Waals surface area contributed by atoms with E-state index in [1.165, 1.54) is 5.56 Å². The van der Waals surface area contributed by atoms with Gasteiger partial charge in [-0.3, -0.25) is 4.79 Å². The van der Waals surface area contributed by atoms with Crippen molar-refractivity contribution in [3.63, 3.8) is 0 Å². The lowest BCUT2D eigenvalue weighted by Gasteiger charge is -2.42. The van der Waals surface area contributed by atoms with Crippen molar-refractivity contribution in [2.75, 3.05) is 13.2 Å². The van der Waals surface area contributed by atoms with Gasteiger partial charge in [0.25, 0.3) is 0 Å². The van der Waals surface area contributed by atoms with Gasteiger partial charge in [0.05, 0.1) is 5.60 Å². The van der Waals surface area contributed by atoms with Crippen molar-refractivity contribution < 1.29 is 9.53 Å². The fourth-order valence-corrected chi connectivity index (χ4v) is 3.72. The first-order valence-electron chi connectivity index (χ1n) is 9.14. The Morgan fingerprint density at radius 1 is 1.29 bits per heavy atom. The maximum Gasteiger partial charge on any atom is 0.219 e. The molecular weight excluding hydrogens is 298 g/mol. The van der Waals surface area contributed by atoms with Crippen LogP contribution in [-0.4, -0.2) is 35.6 Å². The van der Waals surface area contributed by atoms with E-state index in [0.29, 0.717) is 6.04 Å². The summed E-state index contributed by atoms with van der Waals surface area (Å²) in [7, 11) is 0. The predicted molar refractivity (Wildman–Crippen MR) is 99.0 cm³/mol. The Morgan fingerprint density at radius 3 is 2.54 bits per heavy atom. The molecule has 0 aromatic heterocycles. The maximum atomic E-state index is 12.2. The van der Waals surface area contributed by atoms with Gasteiger partial charge in [-0.1, -0.05) is 44.2 Å². The lowest BCUT2D eigenvalue weighted by molar-refractivity contribution is -0.138. The zero-order valence-corrected chi connectivity index (χ0v) is 16.0. The summed E-state index contributed by atoms with van der Waals surface area (Å²) in [5.41, 5.74) is 1.41. The molecule has 0 aliphatic carbocycles. The highest BCUT2D eigenvalue weighted by atomic mass is 16.5. The quantitative estimate of drug-likeness (QED) is 0.770. The second kappa shape index (κ2) is 7.69. The van der Waals surface area contributed by atoms with E-state index in [2.05, 4.69) is 62.9 Å². The summed E-state index contributed by atoms with van der Waals surface area (Å²) in [6.45, 7) is 12.1. The van der Waals surface area contributed by atoms with Crippen molar-refractivity contribution in [1.82, 2.24) is 4.90 Å². The molecule has 0 spiro atoms. The fraction of sp³-hybridized carbons (Fsp3) is 0.667. The van der Waals surface area contributed by atoms with Crippen LogP contribution in [0.1, 0.15) is 59.4 Å². The monoisotopic (exact) mass is 331 g/mol. The van der Waals surface area contributed by atoms with Gasteiger partial charge in [0, 0.05) is 26.1 Å². The number of nitrogens with zero attached hydrogens (tertiary/aromatic N) is 1. The van der Waals surface area contributed by atoms with E-state index < -0.39 is 0 Å². The molecule has 1 aliphatic heterocycles. The molecule has 0 radical (unpaired) electrons. The minimum atomic E-state index is -0.129. The van der Waals surface area contributed by atoms with E-state index in [9.17, 15) is 4.79 Å². The molecule has 0 saturated carbocycles. The van der Waals surface area contributed by atoms with Gasteiger partial charge < -0.3 is 9.64 Å². The van der Waals surface area contributed by atoms with Gasteiger partial charge in [-0.15, -0.1) is 0 Å². The summed E-state index contributed by atoms with van der Waals surface area (Å²) in [6, 6.07) is 10.9. The molecule has 1 aliphatic rings. The topological polar surface area (TPSA) is 29.5 Å².